The molecule has 0 radical (unpaired) electrons. The highest BCUT2D eigenvalue weighted by molar-refractivity contribution is 7.11. The smallest absolute Gasteiger partial charge is 0.191 e. The van der Waals surface area contributed by atoms with Gasteiger partial charge in [0, 0.05) is 37.1 Å². The van der Waals surface area contributed by atoms with E-state index in [0.29, 0.717) is 0 Å². The average molecular weight is 326 g/mol. The van der Waals surface area contributed by atoms with E-state index in [4.69, 9.17) is 0 Å². The van der Waals surface area contributed by atoms with Crippen molar-refractivity contribution in [2.45, 2.75) is 40.5 Å². The quantitative estimate of drug-likeness (QED) is 0.394. The molecule has 0 aromatic carbocycles. The summed E-state index contributed by atoms with van der Waals surface area (Å²) in [7, 11) is 0. The molecule has 1 heterocycles. The lowest BCUT2D eigenvalue weighted by atomic mass is 10.4. The molecule has 2 N–H and O–H groups in total. The summed E-state index contributed by atoms with van der Waals surface area (Å²) >= 11 is 1.77. The third-order valence-electron chi connectivity index (χ3n) is 3.44. The molecule has 0 unspecified atom stereocenters. The molecule has 0 aliphatic rings. The van der Waals surface area contributed by atoms with E-state index < -0.39 is 0 Å². The van der Waals surface area contributed by atoms with E-state index in [-0.39, 0.29) is 0 Å². The van der Waals surface area contributed by atoms with Gasteiger partial charge in [-0.2, -0.15) is 0 Å². The maximum Gasteiger partial charge on any atom is 0.191 e. The van der Waals surface area contributed by atoms with Gasteiger partial charge in [0.05, 0.1) is 5.01 Å². The maximum atomic E-state index is 4.64. The minimum absolute atomic E-state index is 0.863. The summed E-state index contributed by atoms with van der Waals surface area (Å²) in [5.41, 5.74) is 0. The van der Waals surface area contributed by atoms with E-state index in [1.807, 2.05) is 6.20 Å². The van der Waals surface area contributed by atoms with Crippen LogP contribution in [0.5, 0.6) is 0 Å². The number of hydrogen-bond donors (Lipinski definition) is 2. The Kier molecular flexibility index (Phi) is 9.82. The molecule has 0 saturated carbocycles. The molecule has 0 fully saturated rings. The Morgan fingerprint density at radius 2 is 2.05 bits per heavy atom. The second kappa shape index (κ2) is 11.4. The van der Waals surface area contributed by atoms with Crippen molar-refractivity contribution in [2.24, 2.45) is 4.99 Å². The van der Waals surface area contributed by atoms with Crippen molar-refractivity contribution in [3.05, 3.63) is 16.1 Å². The molecular formula is C16H31N5S. The monoisotopic (exact) mass is 325 g/mol. The summed E-state index contributed by atoms with van der Waals surface area (Å²) in [6.07, 6.45) is 3.98. The van der Waals surface area contributed by atoms with Crippen LogP contribution in [0.25, 0.3) is 0 Å². The molecule has 126 valence electrons. The average Bonchev–Trinajstić information content (AvgIpc) is 2.93. The zero-order valence-corrected chi connectivity index (χ0v) is 15.3. The summed E-state index contributed by atoms with van der Waals surface area (Å²) < 4.78 is 0. The number of hydrogen-bond acceptors (Lipinski definition) is 4. The van der Waals surface area contributed by atoms with E-state index in [2.05, 4.69) is 53.2 Å². The molecule has 5 nitrogen and oxygen atoms in total. The largest absolute Gasteiger partial charge is 0.357 e. The molecule has 0 bridgehead atoms. The molecule has 6 heteroatoms. The first-order valence-electron chi connectivity index (χ1n) is 8.35. The van der Waals surface area contributed by atoms with E-state index in [0.717, 1.165) is 58.1 Å². The Labute approximate surface area is 139 Å². The first-order chi connectivity index (χ1) is 10.7. The second-order valence-corrected chi connectivity index (χ2v) is 6.50. The Bertz CT molecular complexity index is 426. The van der Waals surface area contributed by atoms with Crippen molar-refractivity contribution in [1.82, 2.24) is 20.5 Å². The van der Waals surface area contributed by atoms with Crippen LogP contribution in [-0.2, 0) is 6.42 Å². The van der Waals surface area contributed by atoms with Crippen LogP contribution in [0.3, 0.4) is 0 Å². The zero-order valence-electron chi connectivity index (χ0n) is 14.5. The highest BCUT2D eigenvalue weighted by atomic mass is 32.1. The molecule has 0 aliphatic carbocycles. The molecule has 1 rings (SSSR count). The Morgan fingerprint density at radius 3 is 2.64 bits per heavy atom. The van der Waals surface area contributed by atoms with E-state index >= 15 is 0 Å². The molecule has 1 aromatic heterocycles. The van der Waals surface area contributed by atoms with Crippen LogP contribution in [0.1, 0.15) is 37.1 Å². The van der Waals surface area contributed by atoms with Crippen LogP contribution in [0.4, 0.5) is 0 Å². The maximum absolute atomic E-state index is 4.64. The van der Waals surface area contributed by atoms with Crippen molar-refractivity contribution >= 4 is 17.3 Å². The molecule has 22 heavy (non-hydrogen) atoms. The Morgan fingerprint density at radius 1 is 1.27 bits per heavy atom. The number of nitrogens with zero attached hydrogens (tertiary/aromatic N) is 3. The summed E-state index contributed by atoms with van der Waals surface area (Å²) in [4.78, 5) is 12.7. The molecular weight excluding hydrogens is 294 g/mol. The normalized spacial score (nSPS) is 12.0. The number of aliphatic imine (C=N–C) groups is 1. The second-order valence-electron chi connectivity index (χ2n) is 5.18. The predicted molar refractivity (Wildman–Crippen MR) is 96.9 cm³/mol. The topological polar surface area (TPSA) is 52.6 Å². The highest BCUT2D eigenvalue weighted by Gasteiger charge is 2.01. The summed E-state index contributed by atoms with van der Waals surface area (Å²) in [6, 6.07) is 0. The summed E-state index contributed by atoms with van der Waals surface area (Å²) in [5, 5.41) is 7.87. The fraction of sp³-hybridized carbons (Fsp3) is 0.750. The highest BCUT2D eigenvalue weighted by Crippen LogP contribution is 2.10. The minimum atomic E-state index is 0.863. The number of guanidine groups is 1. The van der Waals surface area contributed by atoms with Crippen LogP contribution < -0.4 is 10.6 Å². The zero-order chi connectivity index (χ0) is 16.2. The van der Waals surface area contributed by atoms with Gasteiger partial charge >= 0.3 is 0 Å². The third-order valence-corrected chi connectivity index (χ3v) is 4.41. The van der Waals surface area contributed by atoms with Crippen molar-refractivity contribution in [2.75, 3.05) is 39.3 Å². The Hall–Kier alpha value is -1.14. The van der Waals surface area contributed by atoms with Crippen LogP contribution in [0.15, 0.2) is 11.2 Å². The molecule has 0 aliphatic heterocycles. The lowest BCUT2D eigenvalue weighted by Crippen LogP contribution is -2.38. The first-order valence-corrected chi connectivity index (χ1v) is 9.17. The number of rotatable bonds is 10. The molecule has 0 saturated heterocycles. The number of aryl methyl sites for hydroxylation is 1. The molecule has 0 amide bonds. The van der Waals surface area contributed by atoms with Crippen molar-refractivity contribution in [3.8, 4) is 0 Å². The SMILES string of the molecule is CCNC(=NCCCN(CC)CC)NCCc1ncc(C)s1. The van der Waals surface area contributed by atoms with Gasteiger partial charge in [0.15, 0.2) is 5.96 Å². The number of nitrogens with one attached hydrogen (secondary N) is 2. The van der Waals surface area contributed by atoms with Gasteiger partial charge in [-0.05, 0) is 39.9 Å². The van der Waals surface area contributed by atoms with Gasteiger partial charge in [0.2, 0.25) is 0 Å². The van der Waals surface area contributed by atoms with Crippen LogP contribution in [0.2, 0.25) is 0 Å². The fourth-order valence-corrected chi connectivity index (χ4v) is 2.96. The van der Waals surface area contributed by atoms with Gasteiger partial charge in [0.25, 0.3) is 0 Å². The Balaban J connectivity index is 2.29. The van der Waals surface area contributed by atoms with Gasteiger partial charge in [-0.1, -0.05) is 13.8 Å². The van der Waals surface area contributed by atoms with Crippen molar-refractivity contribution in [1.29, 1.82) is 0 Å². The standard InChI is InChI=1S/C16H31N5S/c1-5-17-16(18-10-8-12-21(6-2)7-3)19-11-9-15-20-13-14(4)22-15/h13H,5-12H2,1-4H3,(H2,17,18,19). The first kappa shape index (κ1) is 18.9. The number of aromatic nitrogens is 1. The molecule has 0 spiro atoms. The van der Waals surface area contributed by atoms with Crippen LogP contribution in [-0.4, -0.2) is 55.1 Å². The fourth-order valence-electron chi connectivity index (χ4n) is 2.17. The third kappa shape index (κ3) is 7.75. The van der Waals surface area contributed by atoms with Gasteiger partial charge in [-0.25, -0.2) is 4.98 Å². The lowest BCUT2D eigenvalue weighted by Gasteiger charge is -2.17. The van der Waals surface area contributed by atoms with Gasteiger partial charge in [-0.3, -0.25) is 4.99 Å². The van der Waals surface area contributed by atoms with Crippen molar-refractivity contribution in [3.63, 3.8) is 0 Å². The van der Waals surface area contributed by atoms with Crippen LogP contribution >= 0.6 is 11.3 Å². The van der Waals surface area contributed by atoms with Crippen molar-refractivity contribution < 1.29 is 0 Å². The summed E-state index contributed by atoms with van der Waals surface area (Å²) in [6.45, 7) is 14.6. The van der Waals surface area contributed by atoms with Gasteiger partial charge < -0.3 is 15.5 Å². The van der Waals surface area contributed by atoms with Gasteiger partial charge in [0.1, 0.15) is 0 Å². The predicted octanol–water partition coefficient (Wildman–Crippen LogP) is 2.28. The lowest BCUT2D eigenvalue weighted by molar-refractivity contribution is 0.302. The van der Waals surface area contributed by atoms with Crippen LogP contribution in [0, 0.1) is 6.92 Å². The van der Waals surface area contributed by atoms with E-state index in [9.17, 15) is 0 Å². The minimum Gasteiger partial charge on any atom is -0.357 e. The van der Waals surface area contributed by atoms with E-state index in [1.54, 1.807) is 11.3 Å². The molecule has 0 atom stereocenters. The van der Waals surface area contributed by atoms with E-state index in [1.165, 1.54) is 9.88 Å². The molecule has 1 aromatic rings. The summed E-state index contributed by atoms with van der Waals surface area (Å²) in [5.74, 6) is 0.912. The van der Waals surface area contributed by atoms with Gasteiger partial charge in [-0.15, -0.1) is 11.3 Å². The number of thiazole rings is 1.